The van der Waals surface area contributed by atoms with Crippen LogP contribution in [0.2, 0.25) is 0 Å². The Morgan fingerprint density at radius 3 is 2.33 bits per heavy atom. The third-order valence-corrected chi connectivity index (χ3v) is 4.57. The molecule has 2 rings (SSSR count). The van der Waals surface area contributed by atoms with Crippen LogP contribution < -0.4 is 0 Å². The normalized spacial score (nSPS) is 20.7. The van der Waals surface area contributed by atoms with Gasteiger partial charge in [-0.1, -0.05) is 33.6 Å². The summed E-state index contributed by atoms with van der Waals surface area (Å²) < 4.78 is 12.1. The largest absolute Gasteiger partial charge is 0.254 e. The molecule has 0 bridgehead atoms. The van der Waals surface area contributed by atoms with Crippen LogP contribution in [-0.2, 0) is 10.8 Å². The highest BCUT2D eigenvalue weighted by atomic mass is 79.9. The van der Waals surface area contributed by atoms with Gasteiger partial charge in [-0.2, -0.15) is 0 Å². The zero-order valence-corrected chi connectivity index (χ0v) is 10.6. The van der Waals surface area contributed by atoms with Gasteiger partial charge in [-0.25, -0.2) is 0 Å². The van der Waals surface area contributed by atoms with E-state index in [4.69, 9.17) is 0 Å². The van der Waals surface area contributed by atoms with Gasteiger partial charge in [0, 0.05) is 4.90 Å². The summed E-state index contributed by atoms with van der Waals surface area (Å²) in [7, 11) is -1.08. The third-order valence-electron chi connectivity index (χ3n) is 2.16. The lowest BCUT2D eigenvalue weighted by Crippen LogP contribution is -2.06. The number of benzene rings is 1. The van der Waals surface area contributed by atoms with Crippen molar-refractivity contribution in [1.82, 2.24) is 0 Å². The molecule has 1 fully saturated rings. The molecule has 0 amide bonds. The van der Waals surface area contributed by atoms with Gasteiger partial charge >= 0.3 is 0 Å². The molecule has 0 aliphatic heterocycles. The van der Waals surface area contributed by atoms with E-state index >= 15 is 0 Å². The SMILES string of the molecule is Cc1ccc([S@@](=O)[C]2[CH][CH][CH][C]2Br)cc1. The summed E-state index contributed by atoms with van der Waals surface area (Å²) in [6, 6.07) is 7.77. The fourth-order valence-electron chi connectivity index (χ4n) is 1.32. The molecule has 15 heavy (non-hydrogen) atoms. The first-order valence-corrected chi connectivity index (χ1v) is 6.52. The van der Waals surface area contributed by atoms with E-state index in [9.17, 15) is 4.21 Å². The lowest BCUT2D eigenvalue weighted by atomic mass is 10.2. The molecule has 0 aromatic heterocycles. The van der Waals surface area contributed by atoms with Gasteiger partial charge in [-0.05, 0) is 38.3 Å². The quantitative estimate of drug-likeness (QED) is 0.814. The van der Waals surface area contributed by atoms with Crippen LogP contribution in [0.25, 0.3) is 0 Å². The summed E-state index contributed by atoms with van der Waals surface area (Å²) in [6.45, 7) is 2.02. The Morgan fingerprint density at radius 2 is 1.80 bits per heavy atom. The second-order valence-electron chi connectivity index (χ2n) is 3.32. The van der Waals surface area contributed by atoms with E-state index in [1.807, 2.05) is 50.5 Å². The summed E-state index contributed by atoms with van der Waals surface area (Å²) >= 11 is 3.39. The topological polar surface area (TPSA) is 17.1 Å². The van der Waals surface area contributed by atoms with E-state index in [2.05, 4.69) is 15.9 Å². The summed E-state index contributed by atoms with van der Waals surface area (Å²) in [6.07, 6.45) is 5.67. The Hall–Kier alpha value is -0.150. The molecule has 1 aliphatic carbocycles. The summed E-state index contributed by atoms with van der Waals surface area (Å²) in [5, 5.41) is 0.832. The maximum Gasteiger partial charge on any atom is 0.0901 e. The summed E-state index contributed by atoms with van der Waals surface area (Å²) in [5.41, 5.74) is 1.18. The summed E-state index contributed by atoms with van der Waals surface area (Å²) in [5.74, 6) is 0. The van der Waals surface area contributed by atoms with Crippen molar-refractivity contribution in [3.8, 4) is 0 Å². The lowest BCUT2D eigenvalue weighted by Gasteiger charge is -2.11. The van der Waals surface area contributed by atoms with Crippen LogP contribution in [0.3, 0.4) is 0 Å². The highest BCUT2D eigenvalue weighted by Crippen LogP contribution is 2.41. The fourth-order valence-corrected chi connectivity index (χ4v) is 3.13. The number of aryl methyl sites for hydroxylation is 1. The Labute approximate surface area is 102 Å². The number of hydrogen-bond donors (Lipinski definition) is 0. The van der Waals surface area contributed by atoms with E-state index in [0.29, 0.717) is 0 Å². The molecule has 0 N–H and O–H groups in total. The molecule has 1 saturated carbocycles. The molecular weight excluding hydrogens is 272 g/mol. The average molecular weight is 282 g/mol. The first-order chi connectivity index (χ1) is 7.18. The van der Waals surface area contributed by atoms with Crippen molar-refractivity contribution in [3.63, 3.8) is 0 Å². The molecule has 0 saturated heterocycles. The van der Waals surface area contributed by atoms with Crippen LogP contribution in [0.5, 0.6) is 0 Å². The fraction of sp³-hybridized carbons (Fsp3) is 0.0833. The second kappa shape index (κ2) is 4.79. The van der Waals surface area contributed by atoms with Gasteiger partial charge in [0.25, 0.3) is 0 Å². The van der Waals surface area contributed by atoms with Crippen LogP contribution in [-0.4, -0.2) is 4.21 Å². The predicted octanol–water partition coefficient (Wildman–Crippen LogP) is 3.19. The minimum Gasteiger partial charge on any atom is -0.254 e. The van der Waals surface area contributed by atoms with E-state index in [0.717, 1.165) is 15.0 Å². The summed E-state index contributed by atoms with van der Waals surface area (Å²) in [4.78, 5) is 1.74. The van der Waals surface area contributed by atoms with Crippen LogP contribution in [0.4, 0.5) is 0 Å². The Morgan fingerprint density at radius 1 is 1.13 bits per heavy atom. The van der Waals surface area contributed by atoms with E-state index in [1.54, 1.807) is 0 Å². The van der Waals surface area contributed by atoms with Crippen molar-refractivity contribution in [2.75, 3.05) is 0 Å². The van der Waals surface area contributed by atoms with Gasteiger partial charge in [0.2, 0.25) is 0 Å². The molecule has 1 aromatic carbocycles. The predicted molar refractivity (Wildman–Crippen MR) is 65.9 cm³/mol. The Balaban J connectivity index is 2.17. The minimum absolute atomic E-state index is 0.832. The lowest BCUT2D eigenvalue weighted by molar-refractivity contribution is 0.685. The zero-order chi connectivity index (χ0) is 10.8. The molecule has 1 atom stereocenters. The van der Waals surface area contributed by atoms with Gasteiger partial charge in [0.05, 0.1) is 20.9 Å². The standard InChI is InChI=1S/C12H10BrOS/c1-9-5-7-10(8-6-9)15(14)12-4-2-3-11(12)13/h2-8H,1H3/t15-/m1/s1. The maximum absolute atomic E-state index is 12.1. The first kappa shape index (κ1) is 11.3. The van der Waals surface area contributed by atoms with Gasteiger partial charge in [-0.15, -0.1) is 0 Å². The van der Waals surface area contributed by atoms with Crippen LogP contribution in [0.1, 0.15) is 5.56 Å². The molecule has 1 nitrogen and oxygen atoms in total. The number of halogens is 1. The average Bonchev–Trinajstić information content (AvgIpc) is 2.65. The van der Waals surface area contributed by atoms with Crippen LogP contribution >= 0.6 is 15.9 Å². The first-order valence-electron chi connectivity index (χ1n) is 4.58. The zero-order valence-electron chi connectivity index (χ0n) is 8.24. The van der Waals surface area contributed by atoms with Gasteiger partial charge in [0.15, 0.2) is 0 Å². The molecule has 5 radical (unpaired) electrons. The maximum atomic E-state index is 12.1. The van der Waals surface area contributed by atoms with E-state index in [-0.39, 0.29) is 0 Å². The Bertz CT molecular complexity index is 360. The van der Waals surface area contributed by atoms with Crippen molar-refractivity contribution in [2.45, 2.75) is 11.8 Å². The van der Waals surface area contributed by atoms with Crippen molar-refractivity contribution in [2.24, 2.45) is 0 Å². The molecule has 3 heteroatoms. The molecule has 0 spiro atoms. The molecule has 0 unspecified atom stereocenters. The van der Waals surface area contributed by atoms with Gasteiger partial charge in [0.1, 0.15) is 0 Å². The smallest absolute Gasteiger partial charge is 0.0901 e. The monoisotopic (exact) mass is 281 g/mol. The van der Waals surface area contributed by atoms with E-state index in [1.165, 1.54) is 5.56 Å². The van der Waals surface area contributed by atoms with E-state index < -0.39 is 10.8 Å². The molecule has 77 valence electrons. The second-order valence-corrected chi connectivity index (χ2v) is 5.62. The third kappa shape index (κ3) is 2.51. The van der Waals surface area contributed by atoms with Crippen LogP contribution in [0.15, 0.2) is 29.2 Å². The minimum atomic E-state index is -1.08. The van der Waals surface area contributed by atoms with Crippen molar-refractivity contribution in [1.29, 1.82) is 0 Å². The van der Waals surface area contributed by atoms with Gasteiger partial charge in [-0.3, -0.25) is 4.21 Å². The van der Waals surface area contributed by atoms with Crippen LogP contribution in [0, 0.1) is 36.3 Å². The van der Waals surface area contributed by atoms with Crippen molar-refractivity contribution in [3.05, 3.63) is 59.2 Å². The molecule has 1 aromatic rings. The highest BCUT2D eigenvalue weighted by molar-refractivity contribution is 9.11. The molecule has 0 heterocycles. The van der Waals surface area contributed by atoms with Crippen molar-refractivity contribution < 1.29 is 4.21 Å². The van der Waals surface area contributed by atoms with Gasteiger partial charge < -0.3 is 0 Å². The number of hydrogen-bond acceptors (Lipinski definition) is 1. The highest BCUT2D eigenvalue weighted by Gasteiger charge is 2.33. The Kier molecular flexibility index (Phi) is 3.62. The molecular formula is C12H10BrOS. The van der Waals surface area contributed by atoms with Crippen molar-refractivity contribution >= 4 is 26.7 Å². The number of rotatable bonds is 2. The molecule has 1 aliphatic rings.